The van der Waals surface area contributed by atoms with Crippen molar-refractivity contribution in [3.63, 3.8) is 0 Å². The van der Waals surface area contributed by atoms with E-state index in [0.717, 1.165) is 17.6 Å². The highest BCUT2D eigenvalue weighted by molar-refractivity contribution is 7.91. The van der Waals surface area contributed by atoms with E-state index >= 15 is 0 Å². The van der Waals surface area contributed by atoms with Gasteiger partial charge in [0.2, 0.25) is 0 Å². The zero-order valence-corrected chi connectivity index (χ0v) is 19.3. The number of nitrogens with one attached hydrogen (secondary N) is 1. The van der Waals surface area contributed by atoms with Crippen molar-refractivity contribution in [2.24, 2.45) is 0 Å². The highest BCUT2D eigenvalue weighted by Gasteiger charge is 2.28. The summed E-state index contributed by atoms with van der Waals surface area (Å²) in [4.78, 5) is 16.7. The van der Waals surface area contributed by atoms with Crippen LogP contribution in [0, 0.1) is 5.82 Å². The number of H-pyrrole nitrogens is 1. The van der Waals surface area contributed by atoms with Crippen LogP contribution in [-0.2, 0) is 28.4 Å². The standard InChI is InChI=1S/C22H24F3N5O3S/c1-22(24,25)17-4-2-15(12-18(17)23)14-33-21(31)30-8-6-29(7-9-30)10-11-34(32)16-3-5-19-20(13-16)27-28-26-19/h2-5,12-13H,6-11,14H2,1H3,(H,26,27,28). The Balaban J connectivity index is 1.20. The lowest BCUT2D eigenvalue weighted by Crippen LogP contribution is -2.49. The van der Waals surface area contributed by atoms with Crippen molar-refractivity contribution in [1.29, 1.82) is 0 Å². The van der Waals surface area contributed by atoms with Gasteiger partial charge in [-0.3, -0.25) is 10.00 Å². The number of rotatable bonds is 7. The van der Waals surface area contributed by atoms with E-state index in [-0.39, 0.29) is 6.61 Å². The number of benzene rings is 2. The maximum absolute atomic E-state index is 13.9. The van der Waals surface area contributed by atoms with E-state index < -0.39 is 34.6 Å². The van der Waals surface area contributed by atoms with Gasteiger partial charge in [0, 0.05) is 45.7 Å². The van der Waals surface area contributed by atoms with Crippen molar-refractivity contribution in [2.75, 3.05) is 38.5 Å². The SMILES string of the molecule is CC(F)(F)c1ccc(COC(=O)N2CCN(CC[S+]([O-])c3ccc4nn[nH]c4c3)CC2)cc1F. The summed E-state index contributed by atoms with van der Waals surface area (Å²) in [5.41, 5.74) is 1.05. The van der Waals surface area contributed by atoms with Gasteiger partial charge in [-0.2, -0.15) is 0 Å². The van der Waals surface area contributed by atoms with Gasteiger partial charge in [-0.1, -0.05) is 11.3 Å². The van der Waals surface area contributed by atoms with E-state index in [0.29, 0.717) is 61.4 Å². The molecule has 1 aromatic heterocycles. The molecule has 0 bridgehead atoms. The van der Waals surface area contributed by atoms with Crippen molar-refractivity contribution in [3.8, 4) is 0 Å². The molecule has 1 N–H and O–H groups in total. The molecule has 1 amide bonds. The molecule has 1 atom stereocenters. The fraction of sp³-hybridized carbons (Fsp3) is 0.409. The lowest BCUT2D eigenvalue weighted by Gasteiger charge is -2.33. The molecule has 1 aliphatic heterocycles. The minimum atomic E-state index is -3.28. The second kappa shape index (κ2) is 10.2. The number of carbonyl (C=O) groups is 1. The number of hydrogen-bond donors (Lipinski definition) is 1. The molecule has 1 saturated heterocycles. The molecule has 182 valence electrons. The number of alkyl halides is 2. The monoisotopic (exact) mass is 495 g/mol. The number of fused-ring (bicyclic) bond motifs is 1. The maximum atomic E-state index is 13.9. The molecule has 34 heavy (non-hydrogen) atoms. The predicted molar refractivity (Wildman–Crippen MR) is 119 cm³/mol. The van der Waals surface area contributed by atoms with Gasteiger partial charge in [0.1, 0.15) is 23.7 Å². The van der Waals surface area contributed by atoms with Crippen molar-refractivity contribution in [1.82, 2.24) is 25.2 Å². The molecule has 0 spiro atoms. The number of aromatic nitrogens is 3. The van der Waals surface area contributed by atoms with Gasteiger partial charge in [0.05, 0.1) is 11.1 Å². The number of amides is 1. The predicted octanol–water partition coefficient (Wildman–Crippen LogP) is 3.27. The summed E-state index contributed by atoms with van der Waals surface area (Å²) in [5, 5.41) is 10.4. The molecule has 12 heteroatoms. The molecule has 1 aliphatic rings. The van der Waals surface area contributed by atoms with E-state index in [4.69, 9.17) is 4.74 Å². The first kappa shape index (κ1) is 24.3. The highest BCUT2D eigenvalue weighted by Crippen LogP contribution is 2.29. The number of nitrogens with zero attached hydrogens (tertiary/aromatic N) is 4. The Hall–Kier alpha value is -2.83. The van der Waals surface area contributed by atoms with Gasteiger partial charge in [0.15, 0.2) is 4.90 Å². The molecule has 8 nitrogen and oxygen atoms in total. The molecule has 2 heterocycles. The van der Waals surface area contributed by atoms with E-state index in [1.54, 1.807) is 18.2 Å². The molecule has 0 saturated carbocycles. The Kier molecular flexibility index (Phi) is 7.29. The van der Waals surface area contributed by atoms with Crippen LogP contribution in [0.25, 0.3) is 11.0 Å². The summed E-state index contributed by atoms with van der Waals surface area (Å²) in [6.45, 7) is 3.11. The zero-order valence-electron chi connectivity index (χ0n) is 18.5. The Morgan fingerprint density at radius 3 is 2.68 bits per heavy atom. The van der Waals surface area contributed by atoms with Crippen LogP contribution in [0.2, 0.25) is 0 Å². The zero-order chi connectivity index (χ0) is 24.3. The fourth-order valence-electron chi connectivity index (χ4n) is 3.69. The molecule has 2 aromatic carbocycles. The van der Waals surface area contributed by atoms with Crippen molar-refractivity contribution >= 4 is 28.3 Å². The number of aromatic amines is 1. The van der Waals surface area contributed by atoms with Crippen molar-refractivity contribution in [3.05, 3.63) is 53.3 Å². The Labute approximate surface area is 197 Å². The highest BCUT2D eigenvalue weighted by atomic mass is 32.2. The first-order valence-electron chi connectivity index (χ1n) is 10.7. The second-order valence-electron chi connectivity index (χ2n) is 8.13. The lowest BCUT2D eigenvalue weighted by atomic mass is 10.1. The molecular weight excluding hydrogens is 471 g/mol. The normalized spacial score (nSPS) is 16.1. The number of halogens is 3. The molecule has 3 aromatic rings. The summed E-state index contributed by atoms with van der Waals surface area (Å²) >= 11 is -1.18. The number of piperazine rings is 1. The van der Waals surface area contributed by atoms with Crippen LogP contribution in [0.5, 0.6) is 0 Å². The van der Waals surface area contributed by atoms with Crippen molar-refractivity contribution in [2.45, 2.75) is 24.3 Å². The maximum Gasteiger partial charge on any atom is 0.410 e. The summed E-state index contributed by atoms with van der Waals surface area (Å²) in [5.74, 6) is -3.86. The Bertz CT molecular complexity index is 1150. The minimum Gasteiger partial charge on any atom is -0.611 e. The van der Waals surface area contributed by atoms with E-state index in [2.05, 4.69) is 20.3 Å². The van der Waals surface area contributed by atoms with E-state index in [9.17, 15) is 22.5 Å². The van der Waals surface area contributed by atoms with Gasteiger partial charge in [-0.15, -0.1) is 5.10 Å². The molecular formula is C22H24F3N5O3S. The van der Waals surface area contributed by atoms with Gasteiger partial charge in [0.25, 0.3) is 5.92 Å². The van der Waals surface area contributed by atoms with E-state index in [1.807, 2.05) is 0 Å². The average molecular weight is 496 g/mol. The minimum absolute atomic E-state index is 0.208. The average Bonchev–Trinajstić information content (AvgIpc) is 3.28. The van der Waals surface area contributed by atoms with Crippen LogP contribution in [-0.4, -0.2) is 74.3 Å². The smallest absolute Gasteiger partial charge is 0.410 e. The summed E-state index contributed by atoms with van der Waals surface area (Å²) < 4.78 is 58.3. The van der Waals surface area contributed by atoms with Gasteiger partial charge >= 0.3 is 6.09 Å². The van der Waals surface area contributed by atoms with E-state index in [1.165, 1.54) is 11.0 Å². The molecule has 0 radical (unpaired) electrons. The third-order valence-electron chi connectivity index (χ3n) is 5.65. The lowest BCUT2D eigenvalue weighted by molar-refractivity contribution is 0.0136. The molecule has 1 unspecified atom stereocenters. The Morgan fingerprint density at radius 2 is 1.97 bits per heavy atom. The number of hydrogen-bond acceptors (Lipinski definition) is 6. The van der Waals surface area contributed by atoms with Crippen LogP contribution in [0.1, 0.15) is 18.1 Å². The van der Waals surface area contributed by atoms with Crippen molar-refractivity contribution < 1.29 is 27.3 Å². The van der Waals surface area contributed by atoms with Crippen LogP contribution in [0.4, 0.5) is 18.0 Å². The fourth-order valence-corrected chi connectivity index (χ4v) is 4.82. The van der Waals surface area contributed by atoms with Crippen LogP contribution < -0.4 is 0 Å². The first-order valence-corrected chi connectivity index (χ1v) is 12.0. The van der Waals surface area contributed by atoms with Gasteiger partial charge in [-0.05, 0) is 41.0 Å². The van der Waals surface area contributed by atoms with Gasteiger partial charge < -0.3 is 14.2 Å². The van der Waals surface area contributed by atoms with Crippen LogP contribution >= 0.6 is 0 Å². The Morgan fingerprint density at radius 1 is 1.21 bits per heavy atom. The molecule has 0 aliphatic carbocycles. The largest absolute Gasteiger partial charge is 0.611 e. The quantitative estimate of drug-likeness (QED) is 0.506. The summed E-state index contributed by atoms with van der Waals surface area (Å²) in [6.07, 6.45) is -0.546. The molecule has 4 rings (SSSR count). The number of carbonyl (C=O) groups excluding carboxylic acids is 1. The number of ether oxygens (including phenoxy) is 1. The topological polar surface area (TPSA) is 97.4 Å². The van der Waals surface area contributed by atoms with Crippen LogP contribution in [0.3, 0.4) is 0 Å². The third-order valence-corrected chi connectivity index (χ3v) is 6.98. The third kappa shape index (κ3) is 5.80. The van der Waals surface area contributed by atoms with Crippen LogP contribution in [0.15, 0.2) is 41.3 Å². The molecule has 1 fully saturated rings. The first-order chi connectivity index (χ1) is 16.2. The summed E-state index contributed by atoms with van der Waals surface area (Å²) in [7, 11) is 0. The second-order valence-corrected chi connectivity index (χ2v) is 9.70. The van der Waals surface area contributed by atoms with Gasteiger partial charge in [-0.25, -0.2) is 18.0 Å². The summed E-state index contributed by atoms with van der Waals surface area (Å²) in [6, 6.07) is 8.62.